The number of nitrogens with one attached hydrogen (secondary N) is 1. The van der Waals surface area contributed by atoms with Crippen LogP contribution >= 0.6 is 0 Å². The van der Waals surface area contributed by atoms with E-state index >= 15 is 0 Å². The fourth-order valence-corrected chi connectivity index (χ4v) is 0.924. The lowest BCUT2D eigenvalue weighted by Crippen LogP contribution is -2.06. The number of rotatable bonds is 4. The van der Waals surface area contributed by atoms with Crippen LogP contribution in [-0.2, 0) is 14.9 Å². The molecular formula is C4H8NO4S. The Kier molecular flexibility index (Phi) is 3.31. The Labute approximate surface area is 59.0 Å². The third-order valence-electron chi connectivity index (χ3n) is 0.806. The van der Waals surface area contributed by atoms with Gasteiger partial charge in [0.15, 0.2) is 0 Å². The highest BCUT2D eigenvalue weighted by molar-refractivity contribution is 7.85. The van der Waals surface area contributed by atoms with Gasteiger partial charge in [0.2, 0.25) is 5.91 Å². The van der Waals surface area contributed by atoms with Crippen molar-refractivity contribution in [2.24, 2.45) is 0 Å². The minimum Gasteiger partial charge on any atom is -0.286 e. The monoisotopic (exact) mass is 166 g/mol. The van der Waals surface area contributed by atoms with Gasteiger partial charge in [-0.25, -0.2) is 0 Å². The predicted octanol–water partition coefficient (Wildman–Crippen LogP) is -0.536. The minimum absolute atomic E-state index is 0.0150. The lowest BCUT2D eigenvalue weighted by molar-refractivity contribution is -0.118. The quantitative estimate of drug-likeness (QED) is 0.567. The van der Waals surface area contributed by atoms with Crippen LogP contribution in [0.1, 0.15) is 12.8 Å². The van der Waals surface area contributed by atoms with E-state index < -0.39 is 21.8 Å². The molecule has 0 aromatic heterocycles. The number of carbonyl (C=O) groups excluding carboxylic acids is 1. The van der Waals surface area contributed by atoms with E-state index in [0.29, 0.717) is 0 Å². The van der Waals surface area contributed by atoms with Crippen LogP contribution in [0.4, 0.5) is 0 Å². The van der Waals surface area contributed by atoms with E-state index in [2.05, 4.69) is 0 Å². The first-order valence-electron chi connectivity index (χ1n) is 2.61. The molecule has 0 atom stereocenters. The maximum Gasteiger partial charge on any atom is 0.264 e. The van der Waals surface area contributed by atoms with Crippen LogP contribution in [0.3, 0.4) is 0 Å². The molecule has 0 spiro atoms. The average Bonchev–Trinajstić information content (AvgIpc) is 1.59. The summed E-state index contributed by atoms with van der Waals surface area (Å²) < 4.78 is 28.1. The summed E-state index contributed by atoms with van der Waals surface area (Å²) in [5.41, 5.74) is 6.37. The molecule has 0 rings (SSSR count). The van der Waals surface area contributed by atoms with Crippen molar-refractivity contribution in [3.8, 4) is 0 Å². The molecule has 5 nitrogen and oxygen atoms in total. The SMILES string of the molecule is [NH]C(=O)CCCS(=O)(=O)O. The lowest BCUT2D eigenvalue weighted by atomic mass is 10.3. The maximum atomic E-state index is 10.00. The van der Waals surface area contributed by atoms with Crippen molar-refractivity contribution in [3.05, 3.63) is 0 Å². The average molecular weight is 166 g/mol. The van der Waals surface area contributed by atoms with Gasteiger partial charge >= 0.3 is 0 Å². The molecule has 0 aliphatic heterocycles. The Morgan fingerprint density at radius 1 is 1.50 bits per heavy atom. The van der Waals surface area contributed by atoms with Crippen molar-refractivity contribution >= 4 is 16.0 Å². The molecule has 0 aromatic carbocycles. The van der Waals surface area contributed by atoms with Gasteiger partial charge < -0.3 is 0 Å². The van der Waals surface area contributed by atoms with Crippen LogP contribution in [0.15, 0.2) is 0 Å². The van der Waals surface area contributed by atoms with Gasteiger partial charge in [-0.1, -0.05) is 0 Å². The molecule has 59 valence electrons. The zero-order valence-corrected chi connectivity index (χ0v) is 6.02. The Balaban J connectivity index is 3.49. The second-order valence-electron chi connectivity index (χ2n) is 1.81. The molecule has 0 saturated heterocycles. The summed E-state index contributed by atoms with van der Waals surface area (Å²) in [5, 5.41) is 0. The summed E-state index contributed by atoms with van der Waals surface area (Å²) in [6.07, 6.45) is -0.110. The zero-order chi connectivity index (χ0) is 8.20. The van der Waals surface area contributed by atoms with Gasteiger partial charge in [-0.2, -0.15) is 8.42 Å². The summed E-state index contributed by atoms with van der Waals surface area (Å²) in [7, 11) is -3.96. The van der Waals surface area contributed by atoms with E-state index in [0.717, 1.165) is 0 Å². The summed E-state index contributed by atoms with van der Waals surface area (Å²) in [6.45, 7) is 0. The molecule has 0 heterocycles. The van der Waals surface area contributed by atoms with Gasteiger partial charge in [-0.3, -0.25) is 15.1 Å². The van der Waals surface area contributed by atoms with Gasteiger partial charge in [0.1, 0.15) is 0 Å². The Hall–Kier alpha value is -0.620. The van der Waals surface area contributed by atoms with Gasteiger partial charge in [0.05, 0.1) is 5.75 Å². The van der Waals surface area contributed by atoms with Gasteiger partial charge in [-0.05, 0) is 6.42 Å². The predicted molar refractivity (Wildman–Crippen MR) is 33.8 cm³/mol. The van der Waals surface area contributed by atoms with Crippen LogP contribution in [-0.4, -0.2) is 24.6 Å². The molecule has 0 fully saturated rings. The van der Waals surface area contributed by atoms with Crippen molar-refractivity contribution in [2.45, 2.75) is 12.8 Å². The Bertz CT molecular complexity index is 207. The molecule has 10 heavy (non-hydrogen) atoms. The van der Waals surface area contributed by atoms with Crippen molar-refractivity contribution in [1.29, 1.82) is 0 Å². The molecule has 2 N–H and O–H groups in total. The zero-order valence-electron chi connectivity index (χ0n) is 5.20. The normalized spacial score (nSPS) is 11.3. The summed E-state index contributed by atoms with van der Waals surface area (Å²) in [5.74, 6) is -1.26. The fourth-order valence-electron chi connectivity index (χ4n) is 0.415. The molecule has 0 aliphatic carbocycles. The lowest BCUT2D eigenvalue weighted by Gasteiger charge is -1.92. The van der Waals surface area contributed by atoms with E-state index in [1.165, 1.54) is 0 Å². The number of hydrogen-bond donors (Lipinski definition) is 1. The van der Waals surface area contributed by atoms with Gasteiger partial charge in [0.25, 0.3) is 10.1 Å². The highest BCUT2D eigenvalue weighted by Crippen LogP contribution is 1.92. The third kappa shape index (κ3) is 7.38. The van der Waals surface area contributed by atoms with E-state index in [4.69, 9.17) is 10.3 Å². The summed E-state index contributed by atoms with van der Waals surface area (Å²) in [6, 6.07) is 0. The van der Waals surface area contributed by atoms with E-state index in [-0.39, 0.29) is 12.8 Å². The largest absolute Gasteiger partial charge is 0.286 e. The molecule has 0 unspecified atom stereocenters. The van der Waals surface area contributed by atoms with Crippen LogP contribution < -0.4 is 5.73 Å². The molecule has 0 aliphatic rings. The number of carbonyl (C=O) groups is 1. The Morgan fingerprint density at radius 2 is 2.00 bits per heavy atom. The third-order valence-corrected chi connectivity index (χ3v) is 1.61. The van der Waals surface area contributed by atoms with Crippen molar-refractivity contribution in [1.82, 2.24) is 5.73 Å². The van der Waals surface area contributed by atoms with Crippen LogP contribution in [0, 0.1) is 0 Å². The van der Waals surface area contributed by atoms with E-state index in [1.807, 2.05) is 0 Å². The highest BCUT2D eigenvalue weighted by Gasteiger charge is 2.04. The molecule has 6 heteroatoms. The highest BCUT2D eigenvalue weighted by atomic mass is 32.2. The second-order valence-corrected chi connectivity index (χ2v) is 3.38. The van der Waals surface area contributed by atoms with Gasteiger partial charge in [-0.15, -0.1) is 0 Å². The Morgan fingerprint density at radius 3 is 2.30 bits per heavy atom. The molecular weight excluding hydrogens is 158 g/mol. The first-order valence-corrected chi connectivity index (χ1v) is 4.22. The van der Waals surface area contributed by atoms with E-state index in [1.54, 1.807) is 0 Å². The van der Waals surface area contributed by atoms with Crippen LogP contribution in [0.25, 0.3) is 0 Å². The number of hydrogen-bond acceptors (Lipinski definition) is 3. The maximum absolute atomic E-state index is 10.00. The molecule has 0 bridgehead atoms. The van der Waals surface area contributed by atoms with Crippen molar-refractivity contribution in [2.75, 3.05) is 5.75 Å². The molecule has 1 amide bonds. The standard InChI is InChI=1S/C4H8NO4S/c5-4(6)2-1-3-10(7,8)9/h5H,1-3H2,(H,7,8,9). The minimum atomic E-state index is -3.96. The van der Waals surface area contributed by atoms with E-state index in [9.17, 15) is 13.2 Å². The fraction of sp³-hybridized carbons (Fsp3) is 0.750. The topological polar surface area (TPSA) is 95.2 Å². The number of amides is 1. The molecule has 1 radical (unpaired) electrons. The first-order chi connectivity index (χ1) is 4.42. The smallest absolute Gasteiger partial charge is 0.264 e. The first kappa shape index (κ1) is 9.38. The van der Waals surface area contributed by atoms with Crippen molar-refractivity contribution < 1.29 is 17.8 Å². The summed E-state index contributed by atoms with van der Waals surface area (Å²) >= 11 is 0. The van der Waals surface area contributed by atoms with Gasteiger partial charge in [0, 0.05) is 6.42 Å². The van der Waals surface area contributed by atoms with Crippen molar-refractivity contribution in [3.63, 3.8) is 0 Å². The molecule has 0 saturated carbocycles. The van der Waals surface area contributed by atoms with Crippen LogP contribution in [0.2, 0.25) is 0 Å². The second kappa shape index (κ2) is 3.52. The molecule has 0 aromatic rings. The van der Waals surface area contributed by atoms with Crippen LogP contribution in [0.5, 0.6) is 0 Å². The summed E-state index contributed by atoms with van der Waals surface area (Å²) in [4.78, 5) is 9.92.